The Balaban J connectivity index is 1.60. The second-order valence-corrected chi connectivity index (χ2v) is 8.20. The lowest BCUT2D eigenvalue weighted by atomic mass is 10.1. The van der Waals surface area contributed by atoms with E-state index < -0.39 is 0 Å². The van der Waals surface area contributed by atoms with Gasteiger partial charge in [-0.15, -0.1) is 11.3 Å². The molecule has 0 aliphatic carbocycles. The standard InChI is InChI=1S/C22H15ClFN3S/c1-12-21(27-22(28-12)18-6-3-9-25-18)13-7-8-17-14(10-13)11-19(26-17)20-15(23)4-2-5-16(20)24/h2-11,25-26H,1H3. The number of aryl methyl sites for hydroxylation is 1. The number of hydrogen-bond donors (Lipinski definition) is 2. The second-order valence-electron chi connectivity index (χ2n) is 6.59. The summed E-state index contributed by atoms with van der Waals surface area (Å²) in [6.07, 6.45) is 1.90. The maximum absolute atomic E-state index is 14.3. The molecular formula is C22H15ClFN3S. The highest BCUT2D eigenvalue weighted by Crippen LogP contribution is 2.36. The van der Waals surface area contributed by atoms with Crippen LogP contribution in [0.5, 0.6) is 0 Å². The molecule has 2 aromatic carbocycles. The van der Waals surface area contributed by atoms with E-state index in [-0.39, 0.29) is 5.82 Å². The summed E-state index contributed by atoms with van der Waals surface area (Å²) in [6.45, 7) is 2.07. The predicted octanol–water partition coefficient (Wildman–Crippen LogP) is 7.05. The molecule has 5 rings (SSSR count). The van der Waals surface area contributed by atoms with Gasteiger partial charge in [-0.3, -0.25) is 0 Å². The van der Waals surface area contributed by atoms with Crippen LogP contribution in [0, 0.1) is 12.7 Å². The van der Waals surface area contributed by atoms with Crippen LogP contribution in [0.15, 0.2) is 60.8 Å². The number of rotatable bonds is 3. The minimum absolute atomic E-state index is 0.342. The van der Waals surface area contributed by atoms with Gasteiger partial charge in [-0.1, -0.05) is 23.7 Å². The Kier molecular flexibility index (Phi) is 4.07. The molecule has 0 radical (unpaired) electrons. The summed E-state index contributed by atoms with van der Waals surface area (Å²) in [4.78, 5) is 12.4. The lowest BCUT2D eigenvalue weighted by Crippen LogP contribution is -1.85. The highest BCUT2D eigenvalue weighted by Gasteiger charge is 2.15. The Hall–Kier alpha value is -2.89. The first-order valence-electron chi connectivity index (χ1n) is 8.79. The summed E-state index contributed by atoms with van der Waals surface area (Å²) >= 11 is 7.88. The fourth-order valence-corrected chi connectivity index (χ4v) is 4.60. The third-order valence-corrected chi connectivity index (χ3v) is 6.07. The van der Waals surface area contributed by atoms with Crippen molar-refractivity contribution in [3.05, 3.63) is 76.5 Å². The van der Waals surface area contributed by atoms with Gasteiger partial charge in [0.15, 0.2) is 0 Å². The van der Waals surface area contributed by atoms with Crippen molar-refractivity contribution in [2.75, 3.05) is 0 Å². The number of thiazole rings is 1. The Bertz CT molecular complexity index is 1280. The van der Waals surface area contributed by atoms with Gasteiger partial charge in [0.2, 0.25) is 0 Å². The number of hydrogen-bond acceptors (Lipinski definition) is 2. The number of benzene rings is 2. The number of aromatic amines is 2. The summed E-state index contributed by atoms with van der Waals surface area (Å²) in [6, 6.07) is 16.7. The van der Waals surface area contributed by atoms with Crippen molar-refractivity contribution >= 4 is 33.8 Å². The first-order chi connectivity index (χ1) is 13.6. The fourth-order valence-electron chi connectivity index (χ4n) is 3.41. The van der Waals surface area contributed by atoms with Crippen molar-refractivity contribution in [3.8, 4) is 33.2 Å². The van der Waals surface area contributed by atoms with Crippen LogP contribution in [0.2, 0.25) is 5.02 Å². The first-order valence-corrected chi connectivity index (χ1v) is 9.98. The van der Waals surface area contributed by atoms with Crippen molar-refractivity contribution in [2.45, 2.75) is 6.92 Å². The van der Waals surface area contributed by atoms with Gasteiger partial charge in [0.05, 0.1) is 27.7 Å². The summed E-state index contributed by atoms with van der Waals surface area (Å²) in [7, 11) is 0. The van der Waals surface area contributed by atoms with Gasteiger partial charge in [0.25, 0.3) is 0 Å². The zero-order valence-corrected chi connectivity index (χ0v) is 16.5. The van der Waals surface area contributed by atoms with Crippen molar-refractivity contribution in [1.82, 2.24) is 15.0 Å². The minimum Gasteiger partial charge on any atom is -0.359 e. The molecule has 0 saturated heterocycles. The van der Waals surface area contributed by atoms with Gasteiger partial charge in [0.1, 0.15) is 10.8 Å². The van der Waals surface area contributed by atoms with E-state index in [0.29, 0.717) is 16.3 Å². The molecule has 138 valence electrons. The predicted molar refractivity (Wildman–Crippen MR) is 114 cm³/mol. The molecule has 6 heteroatoms. The van der Waals surface area contributed by atoms with E-state index in [0.717, 1.165) is 37.7 Å². The van der Waals surface area contributed by atoms with Crippen LogP contribution in [-0.2, 0) is 0 Å². The van der Waals surface area contributed by atoms with E-state index in [1.54, 1.807) is 23.5 Å². The molecule has 3 aromatic heterocycles. The first kappa shape index (κ1) is 17.2. The Morgan fingerprint density at radius 2 is 1.93 bits per heavy atom. The number of nitrogens with zero attached hydrogens (tertiary/aromatic N) is 1. The lowest BCUT2D eigenvalue weighted by molar-refractivity contribution is 0.631. The van der Waals surface area contributed by atoms with Crippen molar-refractivity contribution in [3.63, 3.8) is 0 Å². The van der Waals surface area contributed by atoms with Crippen LogP contribution in [0.25, 0.3) is 44.1 Å². The van der Waals surface area contributed by atoms with Crippen LogP contribution in [0.4, 0.5) is 4.39 Å². The van der Waals surface area contributed by atoms with E-state index in [4.69, 9.17) is 16.6 Å². The molecule has 0 spiro atoms. The maximum atomic E-state index is 14.3. The smallest absolute Gasteiger partial charge is 0.140 e. The van der Waals surface area contributed by atoms with Gasteiger partial charge in [0, 0.05) is 27.5 Å². The van der Waals surface area contributed by atoms with Gasteiger partial charge >= 0.3 is 0 Å². The normalized spacial score (nSPS) is 11.4. The topological polar surface area (TPSA) is 44.5 Å². The minimum atomic E-state index is -0.342. The van der Waals surface area contributed by atoms with Crippen molar-refractivity contribution < 1.29 is 4.39 Å². The Morgan fingerprint density at radius 1 is 1.04 bits per heavy atom. The SMILES string of the molecule is Cc1sc(-c2ccc[nH]2)nc1-c1ccc2[nH]c(-c3c(F)cccc3Cl)cc2c1. The molecule has 3 heterocycles. The molecule has 0 fully saturated rings. The molecule has 0 saturated carbocycles. The second kappa shape index (κ2) is 6.62. The van der Waals surface area contributed by atoms with E-state index in [9.17, 15) is 4.39 Å². The van der Waals surface area contributed by atoms with Crippen LogP contribution in [-0.4, -0.2) is 15.0 Å². The zero-order chi connectivity index (χ0) is 19.3. The highest BCUT2D eigenvalue weighted by atomic mass is 35.5. The van der Waals surface area contributed by atoms with Gasteiger partial charge in [-0.25, -0.2) is 9.37 Å². The van der Waals surface area contributed by atoms with E-state index >= 15 is 0 Å². The summed E-state index contributed by atoms with van der Waals surface area (Å²) in [5.74, 6) is -0.342. The molecule has 3 nitrogen and oxygen atoms in total. The molecule has 0 aliphatic heterocycles. The third kappa shape index (κ3) is 2.84. The molecule has 0 atom stereocenters. The highest BCUT2D eigenvalue weighted by molar-refractivity contribution is 7.15. The number of fused-ring (bicyclic) bond motifs is 1. The lowest BCUT2D eigenvalue weighted by Gasteiger charge is -2.02. The number of nitrogens with one attached hydrogen (secondary N) is 2. The molecular weight excluding hydrogens is 393 g/mol. The molecule has 0 aliphatic rings. The molecule has 2 N–H and O–H groups in total. The summed E-state index contributed by atoms with van der Waals surface area (Å²) < 4.78 is 14.3. The van der Waals surface area contributed by atoms with Crippen molar-refractivity contribution in [1.29, 1.82) is 0 Å². The third-order valence-electron chi connectivity index (χ3n) is 4.75. The number of halogens is 2. The van der Waals surface area contributed by atoms with E-state index in [2.05, 4.69) is 23.0 Å². The van der Waals surface area contributed by atoms with Crippen molar-refractivity contribution in [2.24, 2.45) is 0 Å². The maximum Gasteiger partial charge on any atom is 0.140 e. The van der Waals surface area contributed by atoms with Crippen LogP contribution >= 0.6 is 22.9 Å². The average molecular weight is 408 g/mol. The van der Waals surface area contributed by atoms with Gasteiger partial charge in [-0.2, -0.15) is 0 Å². The van der Waals surface area contributed by atoms with Crippen LogP contribution in [0.3, 0.4) is 0 Å². The van der Waals surface area contributed by atoms with Gasteiger partial charge in [-0.05, 0) is 49.4 Å². The molecule has 0 unspecified atom stereocenters. The summed E-state index contributed by atoms with van der Waals surface area (Å²) in [5.41, 5.74) is 4.99. The quantitative estimate of drug-likeness (QED) is 0.330. The Morgan fingerprint density at radius 3 is 2.71 bits per heavy atom. The Labute approximate surface area is 169 Å². The molecule has 0 bridgehead atoms. The van der Waals surface area contributed by atoms with Crippen LogP contribution in [0.1, 0.15) is 4.88 Å². The monoisotopic (exact) mass is 407 g/mol. The molecule has 28 heavy (non-hydrogen) atoms. The average Bonchev–Trinajstić information content (AvgIpc) is 3.40. The largest absolute Gasteiger partial charge is 0.359 e. The van der Waals surface area contributed by atoms with Crippen LogP contribution < -0.4 is 0 Å². The fraction of sp³-hybridized carbons (Fsp3) is 0.0455. The zero-order valence-electron chi connectivity index (χ0n) is 14.9. The molecule has 5 aromatic rings. The van der Waals surface area contributed by atoms with Gasteiger partial charge < -0.3 is 9.97 Å². The number of aromatic nitrogens is 3. The number of H-pyrrole nitrogens is 2. The molecule has 0 amide bonds. The van der Waals surface area contributed by atoms with E-state index in [1.807, 2.05) is 36.5 Å². The summed E-state index contributed by atoms with van der Waals surface area (Å²) in [5, 5.41) is 2.34. The van der Waals surface area contributed by atoms with E-state index in [1.165, 1.54) is 6.07 Å².